The molecule has 0 spiro atoms. The molecule has 0 saturated carbocycles. The van der Waals surface area contributed by atoms with Gasteiger partial charge in [0.1, 0.15) is 5.75 Å². The number of rotatable bonds is 3. The summed E-state index contributed by atoms with van der Waals surface area (Å²) in [5.41, 5.74) is 0. The predicted molar refractivity (Wildman–Crippen MR) is 72.8 cm³/mol. The quantitative estimate of drug-likeness (QED) is 0.741. The van der Waals surface area contributed by atoms with Crippen molar-refractivity contribution in [3.8, 4) is 5.75 Å². The van der Waals surface area contributed by atoms with Gasteiger partial charge in [-0.05, 0) is 18.2 Å². The van der Waals surface area contributed by atoms with Crippen molar-refractivity contribution in [2.45, 2.75) is 13.5 Å². The highest BCUT2D eigenvalue weighted by atomic mass is 79.9. The summed E-state index contributed by atoms with van der Waals surface area (Å²) in [6.07, 6.45) is 3.52. The van der Waals surface area contributed by atoms with Crippen LogP contribution in [0, 0.1) is 6.92 Å². The molecule has 0 saturated heterocycles. The minimum Gasteiger partial charge on any atom is -0.483 e. The first kappa shape index (κ1) is 12.1. The lowest BCUT2D eigenvalue weighted by Crippen LogP contribution is -1.96. The summed E-state index contributed by atoms with van der Waals surface area (Å²) >= 11 is 3.51. The van der Waals surface area contributed by atoms with E-state index in [0.29, 0.717) is 11.8 Å². The van der Waals surface area contributed by atoms with Crippen molar-refractivity contribution in [1.29, 1.82) is 0 Å². The lowest BCUT2D eigenvalue weighted by atomic mass is 10.1. The maximum atomic E-state index is 5.72. The second kappa shape index (κ2) is 4.97. The zero-order valence-corrected chi connectivity index (χ0v) is 11.7. The van der Waals surface area contributed by atoms with E-state index in [2.05, 4.69) is 31.1 Å². The molecule has 1 aromatic carbocycles. The van der Waals surface area contributed by atoms with Gasteiger partial charge in [0.15, 0.2) is 6.61 Å². The molecule has 0 fully saturated rings. The fraction of sp³-hybridized carbons (Fsp3) is 0.154. The highest BCUT2D eigenvalue weighted by Gasteiger charge is 2.08. The second-order valence-corrected chi connectivity index (χ2v) is 4.82. The highest BCUT2D eigenvalue weighted by molar-refractivity contribution is 9.10. The van der Waals surface area contributed by atoms with E-state index in [4.69, 9.17) is 9.15 Å². The van der Waals surface area contributed by atoms with E-state index in [-0.39, 0.29) is 6.61 Å². The van der Waals surface area contributed by atoms with E-state index in [0.717, 1.165) is 21.0 Å². The van der Waals surface area contributed by atoms with Gasteiger partial charge in [0.05, 0.1) is 0 Å². The van der Waals surface area contributed by atoms with E-state index < -0.39 is 0 Å². The summed E-state index contributed by atoms with van der Waals surface area (Å²) in [7, 11) is 0. The molecule has 0 N–H and O–H groups in total. The number of hydrogen-bond donors (Lipinski definition) is 0. The van der Waals surface area contributed by atoms with Crippen LogP contribution in [0.2, 0.25) is 0 Å². The zero-order valence-electron chi connectivity index (χ0n) is 10.1. The van der Waals surface area contributed by atoms with Crippen LogP contribution in [0.25, 0.3) is 10.8 Å². The standard InChI is InChI=1S/C13H10BrN3O2/c1-8-16-17-13(19-8)7-18-12-3-2-11(14)9-4-5-15-6-10(9)12/h2-6H,7H2,1H3. The molecule has 3 rings (SSSR count). The Morgan fingerprint density at radius 1 is 1.21 bits per heavy atom. The van der Waals surface area contributed by atoms with E-state index in [1.54, 1.807) is 19.3 Å². The number of pyridine rings is 1. The molecular weight excluding hydrogens is 310 g/mol. The third kappa shape index (κ3) is 2.44. The smallest absolute Gasteiger partial charge is 0.253 e. The van der Waals surface area contributed by atoms with Gasteiger partial charge in [0.25, 0.3) is 5.89 Å². The fourth-order valence-electron chi connectivity index (χ4n) is 1.79. The molecule has 0 atom stereocenters. The predicted octanol–water partition coefficient (Wildman–Crippen LogP) is 3.27. The Morgan fingerprint density at radius 2 is 2.11 bits per heavy atom. The summed E-state index contributed by atoms with van der Waals surface area (Å²) in [4.78, 5) is 4.12. The van der Waals surface area contributed by atoms with Gasteiger partial charge in [0, 0.05) is 34.6 Å². The molecule has 0 amide bonds. The van der Waals surface area contributed by atoms with Crippen molar-refractivity contribution in [2.24, 2.45) is 0 Å². The zero-order chi connectivity index (χ0) is 13.2. The maximum Gasteiger partial charge on any atom is 0.253 e. The van der Waals surface area contributed by atoms with Gasteiger partial charge < -0.3 is 9.15 Å². The van der Waals surface area contributed by atoms with Crippen LogP contribution in [0.4, 0.5) is 0 Å². The number of aromatic nitrogens is 3. The lowest BCUT2D eigenvalue weighted by Gasteiger charge is -2.08. The molecule has 0 aliphatic carbocycles. The van der Waals surface area contributed by atoms with Gasteiger partial charge in [0.2, 0.25) is 5.89 Å². The first-order chi connectivity index (χ1) is 9.24. The number of benzene rings is 1. The Kier molecular flexibility index (Phi) is 3.16. The SMILES string of the molecule is Cc1nnc(COc2ccc(Br)c3ccncc23)o1. The third-order valence-electron chi connectivity index (χ3n) is 2.64. The number of fused-ring (bicyclic) bond motifs is 1. The molecule has 19 heavy (non-hydrogen) atoms. The Bertz CT molecular complexity index is 727. The highest BCUT2D eigenvalue weighted by Crippen LogP contribution is 2.31. The molecule has 5 nitrogen and oxygen atoms in total. The van der Waals surface area contributed by atoms with Gasteiger partial charge in [-0.2, -0.15) is 0 Å². The average molecular weight is 320 g/mol. The van der Waals surface area contributed by atoms with Crippen molar-refractivity contribution < 1.29 is 9.15 Å². The van der Waals surface area contributed by atoms with Crippen LogP contribution in [-0.4, -0.2) is 15.2 Å². The van der Waals surface area contributed by atoms with Crippen molar-refractivity contribution in [3.05, 3.63) is 46.8 Å². The van der Waals surface area contributed by atoms with Gasteiger partial charge in [-0.1, -0.05) is 15.9 Å². The fourth-order valence-corrected chi connectivity index (χ4v) is 2.27. The Morgan fingerprint density at radius 3 is 2.89 bits per heavy atom. The van der Waals surface area contributed by atoms with Crippen LogP contribution in [0.1, 0.15) is 11.8 Å². The van der Waals surface area contributed by atoms with E-state index in [9.17, 15) is 0 Å². The summed E-state index contributed by atoms with van der Waals surface area (Å²) in [6.45, 7) is 1.99. The topological polar surface area (TPSA) is 61.0 Å². The molecule has 3 aromatic rings. The van der Waals surface area contributed by atoms with Crippen LogP contribution >= 0.6 is 15.9 Å². The molecular formula is C13H10BrN3O2. The number of aryl methyl sites for hydroxylation is 1. The monoisotopic (exact) mass is 319 g/mol. The molecule has 0 aliphatic rings. The minimum atomic E-state index is 0.243. The second-order valence-electron chi connectivity index (χ2n) is 3.97. The Hall–Kier alpha value is -1.95. The van der Waals surface area contributed by atoms with Gasteiger partial charge in [-0.15, -0.1) is 10.2 Å². The molecule has 0 radical (unpaired) electrons. The summed E-state index contributed by atoms with van der Waals surface area (Å²) in [5.74, 6) is 1.72. The normalized spacial score (nSPS) is 10.8. The molecule has 2 aromatic heterocycles. The molecule has 2 heterocycles. The average Bonchev–Trinajstić information content (AvgIpc) is 2.84. The molecule has 0 bridgehead atoms. The number of halogens is 1. The van der Waals surface area contributed by atoms with Crippen LogP contribution in [0.3, 0.4) is 0 Å². The molecule has 0 aliphatic heterocycles. The van der Waals surface area contributed by atoms with Crippen molar-refractivity contribution in [1.82, 2.24) is 15.2 Å². The number of hydrogen-bond acceptors (Lipinski definition) is 5. The van der Waals surface area contributed by atoms with Gasteiger partial charge in [-0.3, -0.25) is 4.98 Å². The lowest BCUT2D eigenvalue weighted by molar-refractivity contribution is 0.263. The minimum absolute atomic E-state index is 0.243. The van der Waals surface area contributed by atoms with E-state index in [1.165, 1.54) is 0 Å². The van der Waals surface area contributed by atoms with Crippen molar-refractivity contribution >= 4 is 26.7 Å². The summed E-state index contributed by atoms with van der Waals surface area (Å²) in [5, 5.41) is 9.64. The van der Waals surface area contributed by atoms with Crippen molar-refractivity contribution in [2.75, 3.05) is 0 Å². The molecule has 96 valence electrons. The first-order valence-electron chi connectivity index (χ1n) is 5.68. The van der Waals surface area contributed by atoms with Gasteiger partial charge in [-0.25, -0.2) is 0 Å². The molecule has 6 heteroatoms. The van der Waals surface area contributed by atoms with Crippen LogP contribution in [0.15, 0.2) is 39.5 Å². The summed E-state index contributed by atoms with van der Waals surface area (Å²) < 4.78 is 12.0. The number of ether oxygens (including phenoxy) is 1. The van der Waals surface area contributed by atoms with Crippen LogP contribution in [0.5, 0.6) is 5.75 Å². The Labute approximate surface area is 117 Å². The first-order valence-corrected chi connectivity index (χ1v) is 6.47. The van der Waals surface area contributed by atoms with E-state index in [1.807, 2.05) is 18.2 Å². The maximum absolute atomic E-state index is 5.72. The number of nitrogens with zero attached hydrogens (tertiary/aromatic N) is 3. The van der Waals surface area contributed by atoms with Crippen LogP contribution < -0.4 is 4.74 Å². The third-order valence-corrected chi connectivity index (χ3v) is 3.34. The van der Waals surface area contributed by atoms with E-state index >= 15 is 0 Å². The largest absolute Gasteiger partial charge is 0.483 e. The van der Waals surface area contributed by atoms with Crippen molar-refractivity contribution in [3.63, 3.8) is 0 Å². The summed E-state index contributed by atoms with van der Waals surface area (Å²) in [6, 6.07) is 5.76. The van der Waals surface area contributed by atoms with Crippen LogP contribution in [-0.2, 0) is 6.61 Å². The molecule has 0 unspecified atom stereocenters. The Balaban J connectivity index is 1.91. The van der Waals surface area contributed by atoms with Gasteiger partial charge >= 0.3 is 0 Å².